The Labute approximate surface area is 210 Å². The molecule has 0 saturated carbocycles. The molecule has 188 valence electrons. The summed E-state index contributed by atoms with van der Waals surface area (Å²) in [6, 6.07) is 5.49. The largest absolute Gasteiger partial charge is 0.354 e. The molecule has 11 heteroatoms. The van der Waals surface area contributed by atoms with E-state index in [1.807, 2.05) is 36.3 Å². The Hall–Kier alpha value is -3.31. The van der Waals surface area contributed by atoms with E-state index in [4.69, 9.17) is 0 Å². The summed E-state index contributed by atoms with van der Waals surface area (Å²) in [6.07, 6.45) is 3.50. The van der Waals surface area contributed by atoms with Gasteiger partial charge in [-0.05, 0) is 56.9 Å². The summed E-state index contributed by atoms with van der Waals surface area (Å²) in [5, 5.41) is 0. The number of piperazine rings is 1. The van der Waals surface area contributed by atoms with Crippen LogP contribution in [0.1, 0.15) is 34.8 Å². The number of amides is 1. The highest BCUT2D eigenvalue weighted by Gasteiger charge is 2.35. The van der Waals surface area contributed by atoms with Crippen LogP contribution in [0.4, 0.5) is 11.5 Å². The quantitative estimate of drug-likeness (QED) is 0.531. The van der Waals surface area contributed by atoms with E-state index in [0.29, 0.717) is 62.7 Å². The summed E-state index contributed by atoms with van der Waals surface area (Å²) >= 11 is 0. The molecule has 0 bridgehead atoms. The molecule has 36 heavy (non-hydrogen) atoms. The molecule has 0 spiro atoms. The summed E-state index contributed by atoms with van der Waals surface area (Å²) in [7, 11) is -3.63. The molecule has 5 heterocycles. The van der Waals surface area contributed by atoms with Crippen LogP contribution in [0.15, 0.2) is 29.4 Å². The number of sulfonamides is 1. The molecule has 0 aliphatic carbocycles. The smallest absolute Gasteiger partial charge is 0.243 e. The fourth-order valence-electron chi connectivity index (χ4n) is 5.43. The highest BCUT2D eigenvalue weighted by atomic mass is 32.2. The van der Waals surface area contributed by atoms with Gasteiger partial charge in [-0.1, -0.05) is 0 Å². The van der Waals surface area contributed by atoms with E-state index in [0.717, 1.165) is 39.8 Å². The fraction of sp³-hybridized carbons (Fsp3) is 0.440. The Morgan fingerprint density at radius 3 is 2.22 bits per heavy atom. The van der Waals surface area contributed by atoms with Crippen molar-refractivity contribution in [1.29, 1.82) is 0 Å². The minimum Gasteiger partial charge on any atom is -0.354 e. The van der Waals surface area contributed by atoms with Gasteiger partial charge in [0.25, 0.3) is 0 Å². The molecule has 10 nitrogen and oxygen atoms in total. The van der Waals surface area contributed by atoms with Gasteiger partial charge in [-0.2, -0.15) is 4.31 Å². The van der Waals surface area contributed by atoms with Gasteiger partial charge < -0.3 is 9.80 Å². The molecule has 0 radical (unpaired) electrons. The second-order valence-corrected chi connectivity index (χ2v) is 11.6. The number of anilines is 2. The number of rotatable bonds is 4. The van der Waals surface area contributed by atoms with Crippen LogP contribution in [0.3, 0.4) is 0 Å². The first-order valence-corrected chi connectivity index (χ1v) is 13.7. The lowest BCUT2D eigenvalue weighted by Gasteiger charge is -2.35. The lowest BCUT2D eigenvalue weighted by molar-refractivity contribution is -0.118. The third kappa shape index (κ3) is 3.68. The predicted molar refractivity (Wildman–Crippen MR) is 135 cm³/mol. The van der Waals surface area contributed by atoms with E-state index < -0.39 is 10.0 Å². The molecule has 2 aromatic heterocycles. The maximum absolute atomic E-state index is 13.6. The van der Waals surface area contributed by atoms with E-state index in [9.17, 15) is 13.2 Å². The summed E-state index contributed by atoms with van der Waals surface area (Å²) in [5.74, 6) is 2.33. The van der Waals surface area contributed by atoms with E-state index in [-0.39, 0.29) is 5.91 Å². The van der Waals surface area contributed by atoms with E-state index in [1.165, 1.54) is 0 Å². The number of hydrogen-bond donors (Lipinski definition) is 0. The van der Waals surface area contributed by atoms with Gasteiger partial charge in [0.05, 0.1) is 16.3 Å². The highest BCUT2D eigenvalue weighted by Crippen LogP contribution is 2.39. The van der Waals surface area contributed by atoms with Gasteiger partial charge in [0.2, 0.25) is 15.9 Å². The zero-order chi connectivity index (χ0) is 25.2. The van der Waals surface area contributed by atoms with Crippen LogP contribution in [0.25, 0.3) is 5.82 Å². The molecule has 3 aromatic rings. The minimum atomic E-state index is -3.63. The van der Waals surface area contributed by atoms with E-state index in [1.54, 1.807) is 22.8 Å². The molecular formula is C25H29N7O3S. The number of aryl methyl sites for hydroxylation is 3. The van der Waals surface area contributed by atoms with Crippen molar-refractivity contribution >= 4 is 27.4 Å². The van der Waals surface area contributed by atoms with Crippen molar-refractivity contribution in [3.8, 4) is 5.82 Å². The Bertz CT molecular complexity index is 1490. The summed E-state index contributed by atoms with van der Waals surface area (Å²) < 4.78 is 30.7. The van der Waals surface area contributed by atoms with Gasteiger partial charge in [0, 0.05) is 50.9 Å². The lowest BCUT2D eigenvalue weighted by atomic mass is 10.00. The van der Waals surface area contributed by atoms with Gasteiger partial charge in [-0.3, -0.25) is 9.36 Å². The topological polar surface area (TPSA) is 105 Å². The maximum Gasteiger partial charge on any atom is 0.243 e. The van der Waals surface area contributed by atoms with Crippen LogP contribution in [-0.2, 0) is 27.7 Å². The van der Waals surface area contributed by atoms with E-state index in [2.05, 4.69) is 19.9 Å². The Morgan fingerprint density at radius 2 is 1.53 bits per heavy atom. The summed E-state index contributed by atoms with van der Waals surface area (Å²) in [4.78, 5) is 30.1. The Kier molecular flexibility index (Phi) is 5.38. The Morgan fingerprint density at radius 1 is 0.833 bits per heavy atom. The highest BCUT2D eigenvalue weighted by molar-refractivity contribution is 7.89. The van der Waals surface area contributed by atoms with Crippen molar-refractivity contribution in [2.45, 2.75) is 44.9 Å². The zero-order valence-electron chi connectivity index (χ0n) is 20.7. The molecule has 0 unspecified atom stereocenters. The standard InChI is InChI=1S/C25H29N7O3S/c1-16-17(2)32(15-26-16)23-14-22(27-18(3)28-23)29-8-10-30(11-9-29)36(34,35)21-12-19-4-5-24(33)31-7-6-20(13-21)25(19)31/h12-15H,4-11H2,1-3H3. The number of benzene rings is 1. The fourth-order valence-corrected chi connectivity index (χ4v) is 6.96. The van der Waals surface area contributed by atoms with Crippen molar-refractivity contribution in [1.82, 2.24) is 23.8 Å². The van der Waals surface area contributed by atoms with Crippen LogP contribution in [0, 0.1) is 20.8 Å². The summed E-state index contributed by atoms with van der Waals surface area (Å²) in [6.45, 7) is 8.30. The summed E-state index contributed by atoms with van der Waals surface area (Å²) in [5.41, 5.74) is 4.85. The van der Waals surface area contributed by atoms with Gasteiger partial charge >= 0.3 is 0 Å². The van der Waals surface area contributed by atoms with Crippen LogP contribution in [-0.4, -0.2) is 70.9 Å². The van der Waals surface area contributed by atoms with E-state index >= 15 is 0 Å². The Balaban J connectivity index is 1.22. The monoisotopic (exact) mass is 507 g/mol. The number of aromatic nitrogens is 4. The molecule has 1 aromatic carbocycles. The number of imidazole rings is 1. The molecule has 0 N–H and O–H groups in total. The third-order valence-corrected chi connectivity index (χ3v) is 9.41. The van der Waals surface area contributed by atoms with Gasteiger partial charge in [-0.25, -0.2) is 23.4 Å². The number of carbonyl (C=O) groups is 1. The third-order valence-electron chi connectivity index (χ3n) is 7.54. The zero-order valence-corrected chi connectivity index (χ0v) is 21.5. The normalized spacial score (nSPS) is 18.1. The minimum absolute atomic E-state index is 0.134. The second kappa shape index (κ2) is 8.38. The molecule has 1 saturated heterocycles. The molecule has 1 amide bonds. The average molecular weight is 508 g/mol. The average Bonchev–Trinajstić information content (AvgIpc) is 3.45. The van der Waals surface area contributed by atoms with Crippen LogP contribution in [0.2, 0.25) is 0 Å². The maximum atomic E-state index is 13.6. The van der Waals surface area contributed by atoms with Crippen LogP contribution < -0.4 is 9.80 Å². The molecule has 6 rings (SSSR count). The molecule has 1 fully saturated rings. The molecular weight excluding hydrogens is 478 g/mol. The van der Waals surface area contributed by atoms with Crippen LogP contribution in [0.5, 0.6) is 0 Å². The van der Waals surface area contributed by atoms with Crippen molar-refractivity contribution in [3.05, 3.63) is 52.9 Å². The van der Waals surface area contributed by atoms with Gasteiger partial charge in [-0.15, -0.1) is 0 Å². The second-order valence-electron chi connectivity index (χ2n) is 9.69. The number of hydrogen-bond acceptors (Lipinski definition) is 7. The first kappa shape index (κ1) is 23.1. The van der Waals surface area contributed by atoms with Gasteiger partial charge in [0.1, 0.15) is 23.8 Å². The number of nitrogens with zero attached hydrogens (tertiary/aromatic N) is 7. The van der Waals surface area contributed by atoms with Crippen molar-refractivity contribution in [3.63, 3.8) is 0 Å². The lowest BCUT2D eigenvalue weighted by Crippen LogP contribution is -2.49. The van der Waals surface area contributed by atoms with Gasteiger partial charge in [0.15, 0.2) is 0 Å². The van der Waals surface area contributed by atoms with Crippen LogP contribution >= 0.6 is 0 Å². The molecule has 3 aliphatic heterocycles. The van der Waals surface area contributed by atoms with Crippen molar-refractivity contribution in [2.75, 3.05) is 42.5 Å². The predicted octanol–water partition coefficient (Wildman–Crippen LogP) is 1.93. The van der Waals surface area contributed by atoms with Crippen molar-refractivity contribution < 1.29 is 13.2 Å². The first-order valence-electron chi connectivity index (χ1n) is 12.3. The first-order chi connectivity index (χ1) is 17.2. The SMILES string of the molecule is Cc1nc(N2CCN(S(=O)(=O)c3cc4c5c(c3)CCN5C(=O)CC4)CC2)cc(-n2cnc(C)c2C)n1. The number of carbonyl (C=O) groups excluding carboxylic acids is 1. The molecule has 0 atom stereocenters. The van der Waals surface area contributed by atoms with Crippen molar-refractivity contribution in [2.24, 2.45) is 0 Å². The molecule has 3 aliphatic rings.